The summed E-state index contributed by atoms with van der Waals surface area (Å²) >= 11 is 0. The van der Waals surface area contributed by atoms with E-state index in [4.69, 9.17) is 10.1 Å². The lowest BCUT2D eigenvalue weighted by Crippen LogP contribution is -2.14. The summed E-state index contributed by atoms with van der Waals surface area (Å²) < 4.78 is 27.6. The molecular formula is C22H22N6O3S. The van der Waals surface area contributed by atoms with Gasteiger partial charge in [0.1, 0.15) is 0 Å². The minimum atomic E-state index is -3.10. The molecule has 1 aromatic carbocycles. The van der Waals surface area contributed by atoms with Crippen LogP contribution >= 0.6 is 0 Å². The van der Waals surface area contributed by atoms with Gasteiger partial charge in [-0.3, -0.25) is 9.67 Å². The van der Waals surface area contributed by atoms with Crippen molar-refractivity contribution in [3.8, 4) is 33.9 Å². The van der Waals surface area contributed by atoms with Gasteiger partial charge < -0.3 is 5.11 Å². The molecule has 1 aliphatic heterocycles. The first-order valence-electron chi connectivity index (χ1n) is 10.3. The first kappa shape index (κ1) is 20.5. The highest BCUT2D eigenvalue weighted by atomic mass is 32.2. The van der Waals surface area contributed by atoms with E-state index in [0.29, 0.717) is 30.2 Å². The minimum absolute atomic E-state index is 0.0217. The summed E-state index contributed by atoms with van der Waals surface area (Å²) in [5, 5.41) is 18.1. The molecule has 1 unspecified atom stereocenters. The third-order valence-corrected chi connectivity index (χ3v) is 7.26. The fourth-order valence-electron chi connectivity index (χ4n) is 3.92. The zero-order valence-electron chi connectivity index (χ0n) is 17.2. The highest BCUT2D eigenvalue weighted by molar-refractivity contribution is 7.91. The van der Waals surface area contributed by atoms with Crippen LogP contribution in [0.25, 0.3) is 33.9 Å². The molecule has 9 nitrogen and oxygen atoms in total. The first-order valence-corrected chi connectivity index (χ1v) is 12.2. The first-order chi connectivity index (χ1) is 15.5. The van der Waals surface area contributed by atoms with E-state index in [2.05, 4.69) is 15.2 Å². The number of rotatable bonds is 6. The number of nitrogens with zero attached hydrogens (tertiary/aromatic N) is 6. The van der Waals surface area contributed by atoms with Crippen LogP contribution in [0, 0.1) is 0 Å². The molecule has 1 fully saturated rings. The Bertz CT molecular complexity index is 1350. The minimum Gasteiger partial charge on any atom is -0.394 e. The Morgan fingerprint density at radius 3 is 2.59 bits per heavy atom. The quantitative estimate of drug-likeness (QED) is 0.479. The second-order valence-electron chi connectivity index (χ2n) is 7.80. The molecule has 1 N–H and O–H groups in total. The molecular weight excluding hydrogens is 428 g/mol. The summed E-state index contributed by atoms with van der Waals surface area (Å²) in [7, 11) is -3.10. The van der Waals surface area contributed by atoms with Gasteiger partial charge in [0.15, 0.2) is 21.5 Å². The van der Waals surface area contributed by atoms with Crippen molar-refractivity contribution >= 4 is 9.84 Å². The van der Waals surface area contributed by atoms with Gasteiger partial charge in [-0.15, -0.1) is 5.10 Å². The van der Waals surface area contributed by atoms with Crippen molar-refractivity contribution in [3.05, 3.63) is 61.2 Å². The number of benzene rings is 1. The molecule has 4 heterocycles. The van der Waals surface area contributed by atoms with Crippen LogP contribution in [-0.2, 0) is 16.4 Å². The lowest BCUT2D eigenvalue weighted by molar-refractivity contribution is 0.269. The summed E-state index contributed by atoms with van der Waals surface area (Å²) in [6.07, 6.45) is 7.41. The average Bonchev–Trinajstić information content (AvgIpc) is 3.53. The van der Waals surface area contributed by atoms with Gasteiger partial charge in [0.2, 0.25) is 0 Å². The van der Waals surface area contributed by atoms with Gasteiger partial charge in [-0.1, -0.05) is 30.3 Å². The van der Waals surface area contributed by atoms with Crippen LogP contribution < -0.4 is 0 Å². The molecule has 0 radical (unpaired) electrons. The van der Waals surface area contributed by atoms with E-state index in [-0.39, 0.29) is 24.2 Å². The van der Waals surface area contributed by atoms with Crippen LogP contribution in [0.5, 0.6) is 0 Å². The number of pyridine rings is 1. The standard InChI is InChI=1S/C22H22N6O3S/c29-8-7-27-14-19(13-24-27)21-25-22(28(26-21)20-6-9-32(30,31)15-20)18-10-17(11-23-12-18)16-4-2-1-3-5-16/h1-5,10-14,20,29H,6-9,15H2. The zero-order chi connectivity index (χ0) is 22.1. The van der Waals surface area contributed by atoms with Gasteiger partial charge in [0, 0.05) is 29.7 Å². The number of hydrogen-bond donors (Lipinski definition) is 1. The summed E-state index contributed by atoms with van der Waals surface area (Å²) in [5.41, 5.74) is 3.43. The van der Waals surface area contributed by atoms with Crippen molar-refractivity contribution in [2.45, 2.75) is 19.0 Å². The monoisotopic (exact) mass is 450 g/mol. The number of hydrogen-bond acceptors (Lipinski definition) is 7. The van der Waals surface area contributed by atoms with Crippen molar-refractivity contribution in [1.82, 2.24) is 29.5 Å². The average molecular weight is 451 g/mol. The van der Waals surface area contributed by atoms with Crippen LogP contribution in [0.1, 0.15) is 12.5 Å². The Kier molecular flexibility index (Phi) is 5.32. The molecule has 1 aliphatic rings. The van der Waals surface area contributed by atoms with Crippen LogP contribution in [0.2, 0.25) is 0 Å². The van der Waals surface area contributed by atoms with Crippen molar-refractivity contribution in [1.29, 1.82) is 0 Å². The normalized spacial score (nSPS) is 17.6. The zero-order valence-corrected chi connectivity index (χ0v) is 18.1. The van der Waals surface area contributed by atoms with Crippen molar-refractivity contribution in [3.63, 3.8) is 0 Å². The Balaban J connectivity index is 1.59. The van der Waals surface area contributed by atoms with E-state index in [1.165, 1.54) is 0 Å². The Morgan fingerprint density at radius 2 is 1.84 bits per heavy atom. The molecule has 5 rings (SSSR count). The molecule has 0 bridgehead atoms. The molecule has 32 heavy (non-hydrogen) atoms. The van der Waals surface area contributed by atoms with E-state index in [9.17, 15) is 8.42 Å². The molecule has 4 aromatic rings. The smallest absolute Gasteiger partial charge is 0.184 e. The molecule has 3 aromatic heterocycles. The lowest BCUT2D eigenvalue weighted by Gasteiger charge is -2.12. The molecule has 1 atom stereocenters. The van der Waals surface area contributed by atoms with Crippen LogP contribution in [0.4, 0.5) is 0 Å². The summed E-state index contributed by atoms with van der Waals surface area (Å²) in [4.78, 5) is 9.15. The van der Waals surface area contributed by atoms with Gasteiger partial charge in [-0.2, -0.15) is 5.10 Å². The van der Waals surface area contributed by atoms with E-state index >= 15 is 0 Å². The number of aliphatic hydroxyl groups excluding tert-OH is 1. The maximum absolute atomic E-state index is 12.1. The van der Waals surface area contributed by atoms with E-state index in [0.717, 1.165) is 16.7 Å². The van der Waals surface area contributed by atoms with Crippen LogP contribution in [0.15, 0.2) is 61.2 Å². The number of sulfone groups is 1. The van der Waals surface area contributed by atoms with Crippen molar-refractivity contribution in [2.75, 3.05) is 18.1 Å². The van der Waals surface area contributed by atoms with Gasteiger partial charge >= 0.3 is 0 Å². The Hall–Kier alpha value is -3.37. The molecule has 10 heteroatoms. The van der Waals surface area contributed by atoms with E-state index < -0.39 is 9.84 Å². The molecule has 1 saturated heterocycles. The second kappa shape index (κ2) is 8.29. The molecule has 164 valence electrons. The summed E-state index contributed by atoms with van der Waals surface area (Å²) in [5.74, 6) is 1.21. The topological polar surface area (TPSA) is 116 Å². The molecule has 0 aliphatic carbocycles. The summed E-state index contributed by atoms with van der Waals surface area (Å²) in [6, 6.07) is 11.6. The maximum atomic E-state index is 12.1. The lowest BCUT2D eigenvalue weighted by atomic mass is 10.1. The van der Waals surface area contributed by atoms with Gasteiger partial charge in [0.05, 0.1) is 42.5 Å². The Morgan fingerprint density at radius 1 is 1.03 bits per heavy atom. The summed E-state index contributed by atoms with van der Waals surface area (Å²) in [6.45, 7) is 0.351. The van der Waals surface area contributed by atoms with Gasteiger partial charge in [0.25, 0.3) is 0 Å². The van der Waals surface area contributed by atoms with Crippen LogP contribution in [0.3, 0.4) is 0 Å². The highest BCUT2D eigenvalue weighted by Crippen LogP contribution is 2.31. The van der Waals surface area contributed by atoms with Crippen LogP contribution in [-0.4, -0.2) is 61.2 Å². The maximum Gasteiger partial charge on any atom is 0.184 e. The largest absolute Gasteiger partial charge is 0.394 e. The SMILES string of the molecule is O=S1(=O)CCC(n2nc(-c3cnn(CCO)c3)nc2-c2cncc(-c3ccccc3)c2)C1. The highest BCUT2D eigenvalue weighted by Gasteiger charge is 2.32. The Labute approximate surface area is 185 Å². The van der Waals surface area contributed by atoms with Crippen molar-refractivity contribution < 1.29 is 13.5 Å². The van der Waals surface area contributed by atoms with E-state index in [1.807, 2.05) is 36.4 Å². The number of aromatic nitrogens is 6. The van der Waals surface area contributed by atoms with E-state index in [1.54, 1.807) is 34.2 Å². The van der Waals surface area contributed by atoms with Gasteiger partial charge in [-0.05, 0) is 18.1 Å². The third-order valence-electron chi connectivity index (χ3n) is 5.51. The van der Waals surface area contributed by atoms with Crippen molar-refractivity contribution in [2.24, 2.45) is 0 Å². The van der Waals surface area contributed by atoms with Gasteiger partial charge in [-0.25, -0.2) is 18.1 Å². The predicted molar refractivity (Wildman–Crippen MR) is 119 cm³/mol. The molecule has 0 amide bonds. The second-order valence-corrected chi connectivity index (χ2v) is 10.0. The fourth-order valence-corrected chi connectivity index (χ4v) is 5.61. The molecule has 0 saturated carbocycles. The predicted octanol–water partition coefficient (Wildman–Crippen LogP) is 2.22. The number of aliphatic hydroxyl groups is 1. The fraction of sp³-hybridized carbons (Fsp3) is 0.273. The third kappa shape index (κ3) is 4.06. The molecule has 0 spiro atoms.